The minimum Gasteiger partial charge on any atom is -0.497 e. The average Bonchev–Trinajstić information content (AvgIpc) is 1.29. The van der Waals surface area contributed by atoms with Crippen LogP contribution in [0.5, 0.6) is 11.5 Å². The van der Waals surface area contributed by atoms with Crippen molar-refractivity contribution in [1.82, 2.24) is 90.7 Å². The maximum Gasteiger partial charge on any atom is 0.272 e. The molecule has 5 N–H and O–H groups in total. The van der Waals surface area contributed by atoms with Crippen molar-refractivity contribution in [1.29, 1.82) is 0 Å². The number of aryl methyl sites for hydroxylation is 2. The number of aromatic amines is 1. The van der Waals surface area contributed by atoms with Crippen molar-refractivity contribution >= 4 is 90.3 Å². The second-order valence-electron chi connectivity index (χ2n) is 30.7. The van der Waals surface area contributed by atoms with Crippen molar-refractivity contribution in [3.63, 3.8) is 0 Å². The molecular weight excluding hydrogens is 1750 g/mol. The number of carbonyl (C=O) groups is 4. The molecular formula is C103H84N22O13. The van der Waals surface area contributed by atoms with Gasteiger partial charge in [-0.2, -0.15) is 30.6 Å². The van der Waals surface area contributed by atoms with Crippen LogP contribution in [0.25, 0.3) is 88.4 Å². The van der Waals surface area contributed by atoms with Crippen LogP contribution in [0.15, 0.2) is 350 Å². The first kappa shape index (κ1) is 91.7. The van der Waals surface area contributed by atoms with E-state index in [9.17, 15) is 19.2 Å². The number of anilines is 4. The lowest BCUT2D eigenvalue weighted by Gasteiger charge is -2.30. The number of rotatable bonds is 26. The molecule has 684 valence electrons. The molecule has 6 aromatic carbocycles. The van der Waals surface area contributed by atoms with Crippen LogP contribution in [0, 0.1) is 13.8 Å². The highest BCUT2D eigenvalue weighted by Gasteiger charge is 2.51. The quantitative estimate of drug-likeness (QED) is 0.0336. The molecule has 138 heavy (non-hydrogen) atoms. The summed E-state index contributed by atoms with van der Waals surface area (Å²) < 4.78 is 49.7. The van der Waals surface area contributed by atoms with Gasteiger partial charge in [0.05, 0.1) is 102 Å². The van der Waals surface area contributed by atoms with Gasteiger partial charge in [-0.3, -0.25) is 44.1 Å². The molecule has 14 aromatic heterocycles. The predicted molar refractivity (Wildman–Crippen MR) is 511 cm³/mol. The first-order valence-electron chi connectivity index (χ1n) is 42.7. The number of H-pyrrole nitrogens is 1. The van der Waals surface area contributed by atoms with Crippen LogP contribution in [-0.4, -0.2) is 157 Å². The molecule has 0 aliphatic heterocycles. The Kier molecular flexibility index (Phi) is 27.4. The molecule has 0 saturated heterocycles. The molecule has 35 nitrogen and oxygen atoms in total. The minimum atomic E-state index is -1.70. The number of imidazole rings is 1. The van der Waals surface area contributed by atoms with E-state index in [1.807, 2.05) is 159 Å². The molecule has 0 aliphatic rings. The summed E-state index contributed by atoms with van der Waals surface area (Å²) >= 11 is 0. The van der Waals surface area contributed by atoms with Gasteiger partial charge in [0.15, 0.2) is 5.82 Å². The topological polar surface area (TPSA) is 446 Å². The summed E-state index contributed by atoms with van der Waals surface area (Å²) in [6, 6.07) is 69.8. The highest BCUT2D eigenvalue weighted by Crippen LogP contribution is 2.42. The first-order valence-corrected chi connectivity index (χ1v) is 42.7. The lowest BCUT2D eigenvalue weighted by molar-refractivity contribution is -0.137. The lowest BCUT2D eigenvalue weighted by atomic mass is 9.86. The Hall–Kier alpha value is -18.2. The highest BCUT2D eigenvalue weighted by atomic mass is 16.5. The summed E-state index contributed by atoms with van der Waals surface area (Å²) in [4.78, 5) is 98.0. The van der Waals surface area contributed by atoms with Gasteiger partial charge >= 0.3 is 0 Å². The number of aromatic nitrogens is 18. The van der Waals surface area contributed by atoms with Gasteiger partial charge in [0.2, 0.25) is 22.7 Å². The summed E-state index contributed by atoms with van der Waals surface area (Å²) in [5, 5.41) is 48.2. The van der Waals surface area contributed by atoms with Crippen LogP contribution < -0.4 is 30.7 Å². The van der Waals surface area contributed by atoms with Crippen LogP contribution in [0.1, 0.15) is 56.6 Å². The molecule has 14 heterocycles. The van der Waals surface area contributed by atoms with Gasteiger partial charge in [-0.15, -0.1) is 0 Å². The molecule has 0 radical (unpaired) electrons. The van der Waals surface area contributed by atoms with Crippen LogP contribution in [-0.2, 0) is 60.5 Å². The van der Waals surface area contributed by atoms with Crippen molar-refractivity contribution in [2.45, 2.75) is 36.3 Å². The largest absolute Gasteiger partial charge is 0.497 e. The molecule has 0 spiro atoms. The number of nitrogens with zero attached hydrogens (tertiary/aromatic N) is 17. The minimum absolute atomic E-state index is 0.0702. The predicted octanol–water partition coefficient (Wildman–Crippen LogP) is 16.6. The molecule has 20 rings (SSSR count). The van der Waals surface area contributed by atoms with E-state index in [-0.39, 0.29) is 11.6 Å². The lowest BCUT2D eigenvalue weighted by Crippen LogP contribution is -2.44. The molecule has 0 saturated carbocycles. The van der Waals surface area contributed by atoms with E-state index in [2.05, 4.69) is 112 Å². The van der Waals surface area contributed by atoms with Crippen LogP contribution in [0.2, 0.25) is 0 Å². The number of methoxy groups -OCH3 is 6. The maximum absolute atomic E-state index is 13.8. The zero-order chi connectivity index (χ0) is 95.6. The van der Waals surface area contributed by atoms with Gasteiger partial charge in [0.25, 0.3) is 29.2 Å². The summed E-state index contributed by atoms with van der Waals surface area (Å²) in [7, 11) is 8.91. The number of ether oxygens (including phenoxy) is 6. The first-order chi connectivity index (χ1) is 67.6. The van der Waals surface area contributed by atoms with E-state index in [4.69, 9.17) is 41.9 Å². The van der Waals surface area contributed by atoms with Crippen molar-refractivity contribution in [2.75, 3.05) is 63.9 Å². The third kappa shape index (κ3) is 18.4. The Morgan fingerprint density at radius 2 is 0.862 bits per heavy atom. The number of pyridine rings is 7. The summed E-state index contributed by atoms with van der Waals surface area (Å²) in [5.74, 6) is 0.349. The van der Waals surface area contributed by atoms with Crippen molar-refractivity contribution in [2.24, 2.45) is 0 Å². The normalized spacial score (nSPS) is 12.8. The number of hydrogen-bond donors (Lipinski definition) is 5. The second kappa shape index (κ2) is 41.3. The monoisotopic (exact) mass is 1840 g/mol. The van der Waals surface area contributed by atoms with Crippen LogP contribution >= 0.6 is 0 Å². The van der Waals surface area contributed by atoms with E-state index in [0.29, 0.717) is 79.8 Å². The summed E-state index contributed by atoms with van der Waals surface area (Å²) in [6.45, 7) is 3.76. The molecule has 0 bridgehead atoms. The van der Waals surface area contributed by atoms with E-state index in [1.54, 1.807) is 180 Å². The number of nitrogens with one attached hydrogen (secondary N) is 5. The average molecular weight is 1840 g/mol. The zero-order valence-corrected chi connectivity index (χ0v) is 75.2. The Morgan fingerprint density at radius 3 is 1.39 bits per heavy atom. The van der Waals surface area contributed by atoms with Gasteiger partial charge in [0.1, 0.15) is 53.3 Å². The van der Waals surface area contributed by atoms with Crippen molar-refractivity contribution < 1.29 is 61.1 Å². The maximum atomic E-state index is 13.8. The van der Waals surface area contributed by atoms with Crippen molar-refractivity contribution in [3.05, 3.63) is 393 Å². The molecule has 20 aromatic rings. The number of benzene rings is 6. The van der Waals surface area contributed by atoms with E-state index < -0.39 is 46.0 Å². The Bertz CT molecular complexity index is 7250. The Balaban J connectivity index is 0.000000127. The standard InChI is InChI=1S/C26H22N6O3.C26H21N5O4.C26H21N5O3.C25H20N6O3/c1-34-20-7-5-6-18(13-20)26(35-2,24-28-10-11-29-24)25(33)31-19-12-17(14-27-15-19)22-16-30-32-23-9-4-3-8-21(22)23;1-33-18-8-5-7-17(15-18)26(34-2,23-13-14-35-31-23)25(32)29-24-12-6-11-21(28-24)20-16-27-30-22-10-4-3-9-19(20)22;1-17-8-3-5-10-20(17)26(33-2,23-14-15-34-31-23)25(32)29-24-13-7-12-21(28-24)19-16-27-30-22-11-6-4-9-18(19)22;1-16-5-3-8-29-22(16)25(33-2,24-30-9-10-34-24)23(32)31-19-11-18(13-26-14-19)20-15-27-12-17-6-4-7-28-21(17)20/h3-16H,1-2H3,(H,28,29)(H,31,33);3-16H,1-2H3,(H,28,29,32);3-16H,1-2H3,(H,28,29,32);3-15H,1-2H3,(H,31,32)/t3*26-;25-/m1110/s1. The zero-order valence-electron chi connectivity index (χ0n) is 75.2. The van der Waals surface area contributed by atoms with E-state index >= 15 is 0 Å². The number of carbonyl (C=O) groups excluding carboxylic acids is 4. The van der Waals surface area contributed by atoms with Gasteiger partial charge in [0, 0.05) is 162 Å². The highest BCUT2D eigenvalue weighted by molar-refractivity contribution is 6.05. The molecule has 4 amide bonds. The SMILES string of the molecule is CO[C@@](C(=O)Nc1cccc(-c2cnnc3ccccc23)n1)(c1ccon1)c1ccccc1C.CO[C@@](C(=O)Nc1cncc(-c2cncc3cccnc23)c1)(c1ncco1)c1ncccc1C.COc1cccc([C@](OC)(C(=O)Nc2cccc(-c3cnnc4ccccc34)n2)c2ccon2)c1.COc1cccc([C@](OC)(C(=O)Nc2cncc(-c3cnnc4ccccc34)c2)c2ncc[nH]2)c1. The van der Waals surface area contributed by atoms with E-state index in [0.717, 1.165) is 88.1 Å². The van der Waals surface area contributed by atoms with Gasteiger partial charge in [-0.05, 0) is 122 Å². The fourth-order valence-electron chi connectivity index (χ4n) is 16.1. The van der Waals surface area contributed by atoms with Crippen LogP contribution in [0.3, 0.4) is 0 Å². The number of oxazole rings is 1. The Labute approximate surface area is 787 Å². The fraction of sp³-hybridized carbons (Fsp3) is 0.117. The molecule has 4 atom stereocenters. The number of hydrogen-bond acceptors (Lipinski definition) is 30. The third-order valence-electron chi connectivity index (χ3n) is 22.8. The summed E-state index contributed by atoms with van der Waals surface area (Å²) in [6.07, 6.45) is 27.2. The third-order valence-corrected chi connectivity index (χ3v) is 22.8. The van der Waals surface area contributed by atoms with Crippen molar-refractivity contribution in [3.8, 4) is 56.3 Å². The smallest absolute Gasteiger partial charge is 0.272 e. The molecule has 0 fully saturated rings. The van der Waals surface area contributed by atoms with Gasteiger partial charge < -0.3 is 68.1 Å². The summed E-state index contributed by atoms with van der Waals surface area (Å²) in [5.41, 5.74) is 8.09. The molecule has 35 heteroatoms. The number of fused-ring (bicyclic) bond motifs is 4. The molecule has 0 aliphatic carbocycles. The number of amides is 4. The fourth-order valence-corrected chi connectivity index (χ4v) is 16.1. The van der Waals surface area contributed by atoms with E-state index in [1.165, 1.54) is 53.4 Å². The Morgan fingerprint density at radius 1 is 0.377 bits per heavy atom. The molecule has 0 unspecified atom stereocenters. The second-order valence-corrected chi connectivity index (χ2v) is 30.7. The van der Waals surface area contributed by atoms with Crippen LogP contribution in [0.4, 0.5) is 23.0 Å². The van der Waals surface area contributed by atoms with Gasteiger partial charge in [-0.25, -0.2) is 19.9 Å². The van der Waals surface area contributed by atoms with Gasteiger partial charge in [-0.1, -0.05) is 132 Å².